The van der Waals surface area contributed by atoms with Crippen molar-refractivity contribution in [3.8, 4) is 17.2 Å². The average molecular weight is 519 g/mol. The Balaban J connectivity index is 0.00000420. The highest BCUT2D eigenvalue weighted by Crippen LogP contribution is 2.39. The van der Waals surface area contributed by atoms with Crippen molar-refractivity contribution in [2.24, 2.45) is 4.99 Å². The van der Waals surface area contributed by atoms with Gasteiger partial charge in [-0.05, 0) is 24.6 Å². The van der Waals surface area contributed by atoms with Crippen LogP contribution in [-0.4, -0.2) is 38.9 Å². The molecular weight excluding hydrogens is 492 g/mol. The molecule has 2 aromatic rings. The Kier molecular flexibility index (Phi) is 10.5. The molecule has 0 unspecified atom stereocenters. The molecule has 0 amide bonds. The van der Waals surface area contributed by atoms with Crippen LogP contribution in [0.1, 0.15) is 18.1 Å². The molecule has 7 nitrogen and oxygen atoms in total. The predicted octanol–water partition coefficient (Wildman–Crippen LogP) is 3.54. The highest BCUT2D eigenvalue weighted by Gasteiger charge is 2.14. The van der Waals surface area contributed by atoms with Gasteiger partial charge in [0, 0.05) is 29.9 Å². The molecule has 0 atom stereocenters. The van der Waals surface area contributed by atoms with Crippen LogP contribution >= 0.6 is 24.0 Å². The number of ether oxygens (including phenoxy) is 3. The summed E-state index contributed by atoms with van der Waals surface area (Å²) in [4.78, 5) is 4.52. The standard InChI is InChI=1S/C20H26FN3O4.HI/c1-5-22-20(23-11-13-6-7-16(21)14(8-13)12-25)24-15-9-17(26-2)19(28-4)18(10-15)27-3;/h6-10,25H,5,11-12H2,1-4H3,(H2,22,23,24);1H. The van der Waals surface area contributed by atoms with Gasteiger partial charge in [-0.25, -0.2) is 9.38 Å². The molecule has 0 bridgehead atoms. The van der Waals surface area contributed by atoms with Crippen LogP contribution in [0.2, 0.25) is 0 Å². The van der Waals surface area contributed by atoms with E-state index in [0.29, 0.717) is 42.0 Å². The van der Waals surface area contributed by atoms with E-state index in [9.17, 15) is 9.50 Å². The van der Waals surface area contributed by atoms with Crippen molar-refractivity contribution in [1.29, 1.82) is 0 Å². The molecule has 0 saturated carbocycles. The van der Waals surface area contributed by atoms with Crippen molar-refractivity contribution < 1.29 is 23.7 Å². The maximum absolute atomic E-state index is 13.5. The fraction of sp³-hybridized carbons (Fsp3) is 0.350. The van der Waals surface area contributed by atoms with E-state index in [4.69, 9.17) is 14.2 Å². The lowest BCUT2D eigenvalue weighted by atomic mass is 10.1. The number of aliphatic hydroxyl groups is 1. The lowest BCUT2D eigenvalue weighted by Gasteiger charge is -2.16. The van der Waals surface area contributed by atoms with Crippen molar-refractivity contribution in [2.75, 3.05) is 33.2 Å². The summed E-state index contributed by atoms with van der Waals surface area (Å²) in [5.74, 6) is 1.64. The number of rotatable bonds is 8. The molecule has 0 aliphatic carbocycles. The minimum Gasteiger partial charge on any atom is -0.493 e. The summed E-state index contributed by atoms with van der Waals surface area (Å²) in [6, 6.07) is 8.12. The first-order valence-electron chi connectivity index (χ1n) is 8.79. The Morgan fingerprint density at radius 3 is 2.24 bits per heavy atom. The topological polar surface area (TPSA) is 84.3 Å². The average Bonchev–Trinajstić information content (AvgIpc) is 2.72. The highest BCUT2D eigenvalue weighted by molar-refractivity contribution is 14.0. The molecule has 0 radical (unpaired) electrons. The zero-order chi connectivity index (χ0) is 20.5. The second kappa shape index (κ2) is 12.3. The summed E-state index contributed by atoms with van der Waals surface area (Å²) in [7, 11) is 4.64. The Labute approximate surface area is 187 Å². The van der Waals surface area contributed by atoms with E-state index in [1.807, 2.05) is 6.92 Å². The van der Waals surface area contributed by atoms with Crippen molar-refractivity contribution in [3.05, 3.63) is 47.3 Å². The van der Waals surface area contributed by atoms with Gasteiger partial charge in [0.2, 0.25) is 5.75 Å². The minimum atomic E-state index is -0.433. The fourth-order valence-electron chi connectivity index (χ4n) is 2.61. The monoisotopic (exact) mass is 519 g/mol. The molecule has 0 aliphatic rings. The summed E-state index contributed by atoms with van der Waals surface area (Å²) < 4.78 is 29.6. The van der Waals surface area contributed by atoms with Gasteiger partial charge in [-0.3, -0.25) is 0 Å². The van der Waals surface area contributed by atoms with Gasteiger partial charge < -0.3 is 30.0 Å². The quantitative estimate of drug-likeness (QED) is 0.281. The maximum atomic E-state index is 13.5. The molecule has 0 saturated heterocycles. The normalized spacial score (nSPS) is 10.8. The van der Waals surface area contributed by atoms with Gasteiger partial charge in [0.25, 0.3) is 0 Å². The van der Waals surface area contributed by atoms with Crippen LogP contribution in [0.25, 0.3) is 0 Å². The summed E-state index contributed by atoms with van der Waals surface area (Å²) in [5, 5.41) is 15.5. The summed E-state index contributed by atoms with van der Waals surface area (Å²) in [6.45, 7) is 2.57. The number of aliphatic hydroxyl groups excluding tert-OH is 1. The molecule has 0 fully saturated rings. The molecule has 0 aliphatic heterocycles. The number of anilines is 1. The van der Waals surface area contributed by atoms with Gasteiger partial charge >= 0.3 is 0 Å². The van der Waals surface area contributed by atoms with E-state index in [-0.39, 0.29) is 36.1 Å². The predicted molar refractivity (Wildman–Crippen MR) is 122 cm³/mol. The number of nitrogens with one attached hydrogen (secondary N) is 2. The molecular formula is C20H27FIN3O4. The Hall–Kier alpha value is -2.27. The van der Waals surface area contributed by atoms with Crippen LogP contribution in [-0.2, 0) is 13.2 Å². The summed E-state index contributed by atoms with van der Waals surface area (Å²) in [6.07, 6.45) is 0. The van der Waals surface area contributed by atoms with Crippen LogP contribution in [0, 0.1) is 5.82 Å². The molecule has 0 spiro atoms. The van der Waals surface area contributed by atoms with Crippen LogP contribution in [0.15, 0.2) is 35.3 Å². The molecule has 2 aromatic carbocycles. The molecule has 29 heavy (non-hydrogen) atoms. The van der Waals surface area contributed by atoms with Crippen molar-refractivity contribution in [1.82, 2.24) is 5.32 Å². The molecule has 2 rings (SSSR count). The lowest BCUT2D eigenvalue weighted by molar-refractivity contribution is 0.275. The van der Waals surface area contributed by atoms with Gasteiger partial charge in [-0.15, -0.1) is 24.0 Å². The number of benzene rings is 2. The summed E-state index contributed by atoms with van der Waals surface area (Å²) >= 11 is 0. The van der Waals surface area contributed by atoms with Crippen molar-refractivity contribution in [2.45, 2.75) is 20.1 Å². The largest absolute Gasteiger partial charge is 0.493 e. The smallest absolute Gasteiger partial charge is 0.203 e. The maximum Gasteiger partial charge on any atom is 0.203 e. The van der Waals surface area contributed by atoms with Crippen molar-refractivity contribution in [3.63, 3.8) is 0 Å². The second-order valence-corrected chi connectivity index (χ2v) is 5.82. The Morgan fingerprint density at radius 1 is 1.07 bits per heavy atom. The van der Waals surface area contributed by atoms with Gasteiger partial charge in [-0.1, -0.05) is 6.07 Å². The van der Waals surface area contributed by atoms with Crippen LogP contribution < -0.4 is 24.8 Å². The number of guanidine groups is 1. The van der Waals surface area contributed by atoms with E-state index < -0.39 is 5.82 Å². The number of nitrogens with zero attached hydrogens (tertiary/aromatic N) is 1. The third-order valence-corrected chi connectivity index (χ3v) is 3.97. The van der Waals surface area contributed by atoms with Crippen molar-refractivity contribution >= 4 is 35.6 Å². The molecule has 0 heterocycles. The number of methoxy groups -OCH3 is 3. The number of hydrogen-bond donors (Lipinski definition) is 3. The first-order valence-corrected chi connectivity index (χ1v) is 8.79. The Morgan fingerprint density at radius 2 is 1.72 bits per heavy atom. The lowest BCUT2D eigenvalue weighted by Crippen LogP contribution is -2.30. The van der Waals surface area contributed by atoms with Crippen LogP contribution in [0.4, 0.5) is 10.1 Å². The van der Waals surface area contributed by atoms with E-state index in [0.717, 1.165) is 5.56 Å². The number of hydrogen-bond acceptors (Lipinski definition) is 5. The fourth-order valence-corrected chi connectivity index (χ4v) is 2.61. The van der Waals surface area contributed by atoms with E-state index in [1.165, 1.54) is 6.07 Å². The highest BCUT2D eigenvalue weighted by atomic mass is 127. The SMILES string of the molecule is CCNC(=NCc1ccc(F)c(CO)c1)Nc1cc(OC)c(OC)c(OC)c1.I. The third-order valence-electron chi connectivity index (χ3n) is 3.97. The van der Waals surface area contributed by atoms with Gasteiger partial charge in [0.05, 0.1) is 34.5 Å². The van der Waals surface area contributed by atoms with Crippen LogP contribution in [0.5, 0.6) is 17.2 Å². The molecule has 3 N–H and O–H groups in total. The zero-order valence-electron chi connectivity index (χ0n) is 16.9. The third kappa shape index (κ3) is 6.64. The van der Waals surface area contributed by atoms with E-state index in [2.05, 4.69) is 15.6 Å². The number of halogens is 2. The van der Waals surface area contributed by atoms with Crippen LogP contribution in [0.3, 0.4) is 0 Å². The van der Waals surface area contributed by atoms with Gasteiger partial charge in [-0.2, -0.15) is 0 Å². The molecule has 0 aromatic heterocycles. The molecule has 9 heteroatoms. The number of aliphatic imine (C=N–C) groups is 1. The van der Waals surface area contributed by atoms with Gasteiger partial charge in [0.1, 0.15) is 5.82 Å². The first-order chi connectivity index (χ1) is 13.6. The first kappa shape index (κ1) is 24.8. The minimum absolute atomic E-state index is 0. The van der Waals surface area contributed by atoms with Gasteiger partial charge in [0.15, 0.2) is 17.5 Å². The zero-order valence-corrected chi connectivity index (χ0v) is 19.2. The second-order valence-electron chi connectivity index (χ2n) is 5.82. The Bertz CT molecular complexity index is 808. The van der Waals surface area contributed by atoms with E-state index in [1.54, 1.807) is 45.6 Å². The van der Waals surface area contributed by atoms with E-state index >= 15 is 0 Å². The summed E-state index contributed by atoms with van der Waals surface area (Å²) in [5.41, 5.74) is 1.73. The molecule has 160 valence electrons.